The van der Waals surface area contributed by atoms with Crippen LogP contribution in [-0.4, -0.2) is 20.5 Å². The van der Waals surface area contributed by atoms with Crippen LogP contribution in [0.3, 0.4) is 0 Å². The van der Waals surface area contributed by atoms with Gasteiger partial charge in [0.2, 0.25) is 0 Å². The molecule has 0 amide bonds. The van der Waals surface area contributed by atoms with Crippen molar-refractivity contribution in [2.45, 2.75) is 38.4 Å². The maximum absolute atomic E-state index is 4.61. The van der Waals surface area contributed by atoms with Crippen LogP contribution in [0.1, 0.15) is 54.2 Å². The molecule has 0 aromatic heterocycles. The third-order valence-corrected chi connectivity index (χ3v) is 10.9. The Morgan fingerprint density at radius 2 is 0.869 bits per heavy atom. The smallest absolute Gasteiger partial charge is 0.161 e. The maximum Gasteiger partial charge on any atom is 0.161 e. The van der Waals surface area contributed by atoms with Crippen LogP contribution in [0.5, 0.6) is 0 Å². The highest BCUT2D eigenvalue weighted by Gasteiger charge is 2.32. The molecule has 0 heterocycles. The number of nitrogens with two attached hydrogens (primary N) is 1. The summed E-state index contributed by atoms with van der Waals surface area (Å²) in [5, 5.41) is 5.88. The molecule has 4 heteroatoms. The van der Waals surface area contributed by atoms with E-state index in [1.165, 1.54) is 55.9 Å². The molecule has 0 aliphatic heterocycles. The lowest BCUT2D eigenvalue weighted by molar-refractivity contribution is 0.464. The summed E-state index contributed by atoms with van der Waals surface area (Å²) in [4.78, 5) is 8.34. The first-order chi connectivity index (χ1) is 29.9. The molecule has 0 radical (unpaired) electrons. The van der Waals surface area contributed by atoms with Crippen molar-refractivity contribution < 1.29 is 0 Å². The second kappa shape index (κ2) is 22.3. The van der Waals surface area contributed by atoms with Gasteiger partial charge in [-0.3, -0.25) is 15.3 Å². The van der Waals surface area contributed by atoms with Crippen molar-refractivity contribution >= 4 is 24.2 Å². The lowest BCUT2D eigenvalue weighted by Crippen LogP contribution is -2.39. The summed E-state index contributed by atoms with van der Waals surface area (Å²) in [5.74, 6) is 0. The van der Waals surface area contributed by atoms with Gasteiger partial charge in [-0.05, 0) is 100 Å². The van der Waals surface area contributed by atoms with E-state index in [-0.39, 0.29) is 5.41 Å². The van der Waals surface area contributed by atoms with Gasteiger partial charge in [-0.25, -0.2) is 0 Å². The van der Waals surface area contributed by atoms with Gasteiger partial charge < -0.3 is 5.73 Å². The molecule has 0 bridgehead atoms. The van der Waals surface area contributed by atoms with Crippen molar-refractivity contribution in [3.8, 4) is 22.3 Å². The number of aliphatic imine (C=N–C) groups is 2. The number of hydrogen-bond acceptors (Lipinski definition) is 4. The molecule has 8 rings (SSSR count). The number of benzene rings is 8. The fourth-order valence-corrected chi connectivity index (χ4v) is 7.85. The van der Waals surface area contributed by atoms with Crippen molar-refractivity contribution in [2.24, 2.45) is 15.7 Å². The molecule has 306 valence electrons. The molecule has 0 saturated heterocycles. The van der Waals surface area contributed by atoms with E-state index in [1.54, 1.807) is 0 Å². The van der Waals surface area contributed by atoms with Gasteiger partial charge in [-0.15, -0.1) is 0 Å². The zero-order valence-electron chi connectivity index (χ0n) is 36.0. The Morgan fingerprint density at radius 3 is 1.26 bits per heavy atom. The van der Waals surface area contributed by atoms with E-state index in [2.05, 4.69) is 206 Å². The predicted molar refractivity (Wildman–Crippen MR) is 265 cm³/mol. The minimum atomic E-state index is -0.723. The zero-order chi connectivity index (χ0) is 43.5. The van der Waals surface area contributed by atoms with E-state index in [4.69, 9.17) is 0 Å². The predicted octanol–water partition coefficient (Wildman–Crippen LogP) is 13.7. The minimum Gasteiger partial charge on any atom is -0.405 e. The third-order valence-electron chi connectivity index (χ3n) is 10.9. The lowest BCUT2D eigenvalue weighted by Gasteiger charge is -2.32. The van der Waals surface area contributed by atoms with E-state index < -0.39 is 5.66 Å². The summed E-state index contributed by atoms with van der Waals surface area (Å²) in [6.07, 6.45) is 1.25. The van der Waals surface area contributed by atoms with E-state index in [1.807, 2.05) is 69.4 Å². The standard InChI is InChI=1S/C45H38N2.C8H9N.C2H5N.C2H6/c1-44(36-17-7-4-8-18-36,37-19-9-5-10-20-37)38-29-25-33(26-30-38)41-23-13-15-35-16-14-24-42(43(35)41)34-27-31-40(32-28-34)45(46-2,47-3)39-21-11-6-12-22-39;1-9-7-8-5-3-2-4-6-8;1-2-3;1-2/h4-32,47H,2H2,1,3H3;2-6H,1,7H2;2H,1,3H2;1-2H3. The molecule has 1 atom stereocenters. The normalized spacial score (nSPS) is 11.5. The van der Waals surface area contributed by atoms with Crippen LogP contribution in [0.25, 0.3) is 33.0 Å². The summed E-state index contributed by atoms with van der Waals surface area (Å²) in [5.41, 5.74) is 15.5. The van der Waals surface area contributed by atoms with Crippen molar-refractivity contribution in [1.82, 2.24) is 5.32 Å². The first kappa shape index (κ1) is 45.0. The molecule has 8 aromatic rings. The SMILES string of the molecule is C=CN.C=NC(NC)(c1ccccc1)c1ccc(-c2cccc3cccc(-c4ccc(C(C)(c5ccccc5)c5ccccc5)cc4)c23)cc1.C=NCc1ccccc1.CC. The van der Waals surface area contributed by atoms with Gasteiger partial charge in [0, 0.05) is 5.41 Å². The van der Waals surface area contributed by atoms with Crippen LogP contribution in [0.15, 0.2) is 229 Å². The number of rotatable bonds is 11. The first-order valence-electron chi connectivity index (χ1n) is 20.8. The van der Waals surface area contributed by atoms with Crippen LogP contribution in [0, 0.1) is 0 Å². The minimum absolute atomic E-state index is 0.282. The van der Waals surface area contributed by atoms with E-state index in [0.717, 1.165) is 23.2 Å². The van der Waals surface area contributed by atoms with E-state index >= 15 is 0 Å². The van der Waals surface area contributed by atoms with Crippen LogP contribution in [0.4, 0.5) is 0 Å². The lowest BCUT2D eigenvalue weighted by atomic mass is 9.71. The summed E-state index contributed by atoms with van der Waals surface area (Å²) in [6.45, 7) is 17.6. The Bertz CT molecular complexity index is 2510. The van der Waals surface area contributed by atoms with Gasteiger partial charge in [0.15, 0.2) is 5.66 Å². The largest absolute Gasteiger partial charge is 0.405 e. The molecule has 0 aliphatic rings. The Labute approximate surface area is 363 Å². The van der Waals surface area contributed by atoms with Gasteiger partial charge in [0.1, 0.15) is 0 Å². The maximum atomic E-state index is 4.61. The van der Waals surface area contributed by atoms with Crippen molar-refractivity contribution in [3.63, 3.8) is 0 Å². The quantitative estimate of drug-likeness (QED) is 0.101. The van der Waals surface area contributed by atoms with Gasteiger partial charge in [-0.1, -0.05) is 227 Å². The second-order valence-electron chi connectivity index (χ2n) is 14.3. The first-order valence-corrected chi connectivity index (χ1v) is 20.8. The van der Waals surface area contributed by atoms with E-state index in [9.17, 15) is 0 Å². The van der Waals surface area contributed by atoms with E-state index in [0.29, 0.717) is 0 Å². The average Bonchev–Trinajstić information content (AvgIpc) is 3.34. The van der Waals surface area contributed by atoms with Crippen molar-refractivity contribution in [2.75, 3.05) is 7.05 Å². The van der Waals surface area contributed by atoms with Crippen LogP contribution in [0.2, 0.25) is 0 Å². The fraction of sp³-hybridized carbons (Fsp3) is 0.123. The molecule has 0 saturated carbocycles. The summed E-state index contributed by atoms with van der Waals surface area (Å²) < 4.78 is 0. The highest BCUT2D eigenvalue weighted by molar-refractivity contribution is 6.06. The Balaban J connectivity index is 0.000000434. The topological polar surface area (TPSA) is 62.8 Å². The highest BCUT2D eigenvalue weighted by Crippen LogP contribution is 2.42. The van der Waals surface area contributed by atoms with Crippen molar-refractivity contribution in [3.05, 3.63) is 252 Å². The average molecular weight is 799 g/mol. The Kier molecular flexibility index (Phi) is 16.4. The molecule has 0 aliphatic carbocycles. The number of nitrogens with one attached hydrogen (secondary N) is 1. The molecule has 4 nitrogen and oxygen atoms in total. The third kappa shape index (κ3) is 10.2. The summed E-state index contributed by atoms with van der Waals surface area (Å²) in [6, 6.07) is 73.0. The fourth-order valence-electron chi connectivity index (χ4n) is 7.85. The van der Waals surface area contributed by atoms with Crippen LogP contribution < -0.4 is 11.1 Å². The highest BCUT2D eigenvalue weighted by atomic mass is 15.1. The molecular formula is C57H58N4. The van der Waals surface area contributed by atoms with Crippen LogP contribution >= 0.6 is 0 Å². The Hall–Kier alpha value is -7.14. The second-order valence-corrected chi connectivity index (χ2v) is 14.3. The van der Waals surface area contributed by atoms with Crippen LogP contribution in [-0.2, 0) is 17.6 Å². The molecule has 1 unspecified atom stereocenters. The summed E-state index contributed by atoms with van der Waals surface area (Å²) >= 11 is 0. The molecule has 61 heavy (non-hydrogen) atoms. The number of hydrogen-bond donors (Lipinski definition) is 2. The molecular weight excluding hydrogens is 741 g/mol. The molecule has 3 N–H and O–H groups in total. The number of fused-ring (bicyclic) bond motifs is 1. The van der Waals surface area contributed by atoms with Gasteiger partial charge in [0.25, 0.3) is 0 Å². The molecule has 0 spiro atoms. The number of nitrogens with zero attached hydrogens (tertiary/aromatic N) is 2. The van der Waals surface area contributed by atoms with Crippen molar-refractivity contribution in [1.29, 1.82) is 0 Å². The van der Waals surface area contributed by atoms with Gasteiger partial charge >= 0.3 is 0 Å². The molecule has 8 aromatic carbocycles. The monoisotopic (exact) mass is 798 g/mol. The Morgan fingerprint density at radius 1 is 0.508 bits per heavy atom. The van der Waals surface area contributed by atoms with Gasteiger partial charge in [0.05, 0.1) is 6.54 Å². The zero-order valence-corrected chi connectivity index (χ0v) is 36.0. The van der Waals surface area contributed by atoms with Gasteiger partial charge in [-0.2, -0.15) is 0 Å². The molecule has 0 fully saturated rings. The summed E-state index contributed by atoms with van der Waals surface area (Å²) in [7, 11) is 1.93.